The molecule has 0 saturated carbocycles. The second-order valence-corrected chi connectivity index (χ2v) is 6.48. The van der Waals surface area contributed by atoms with E-state index in [2.05, 4.69) is 10.3 Å². The van der Waals surface area contributed by atoms with Crippen molar-refractivity contribution in [3.05, 3.63) is 82.0 Å². The molecule has 7 heteroatoms. The molecule has 0 radical (unpaired) electrons. The minimum Gasteiger partial charge on any atom is -0.497 e. The monoisotopic (exact) mass is 395 g/mol. The summed E-state index contributed by atoms with van der Waals surface area (Å²) in [7, 11) is 1.59. The van der Waals surface area contributed by atoms with Crippen LogP contribution in [0.2, 0.25) is 0 Å². The molecular weight excluding hydrogens is 373 g/mol. The Morgan fingerprint density at radius 2 is 1.93 bits per heavy atom. The lowest BCUT2D eigenvalue weighted by molar-refractivity contribution is -0.121. The Bertz CT molecular complexity index is 1060. The highest BCUT2D eigenvalue weighted by Gasteiger charge is 2.14. The molecule has 29 heavy (non-hydrogen) atoms. The van der Waals surface area contributed by atoms with Crippen molar-refractivity contribution in [1.29, 1.82) is 0 Å². The van der Waals surface area contributed by atoms with E-state index in [0.29, 0.717) is 24.2 Å². The van der Waals surface area contributed by atoms with Gasteiger partial charge in [0.25, 0.3) is 5.56 Å². The Kier molecular flexibility index (Phi) is 6.39. The SMILES string of the molecule is CCc1cc(=O)n(CC(=O)NCc2ccc(OC)cc2)c(-c2cccc(F)c2)n1. The van der Waals surface area contributed by atoms with Crippen LogP contribution in [0.15, 0.2) is 59.4 Å². The minimum absolute atomic E-state index is 0.210. The van der Waals surface area contributed by atoms with Crippen LogP contribution in [0.1, 0.15) is 18.2 Å². The summed E-state index contributed by atoms with van der Waals surface area (Å²) in [4.78, 5) is 29.5. The number of aryl methyl sites for hydroxylation is 1. The van der Waals surface area contributed by atoms with Crippen LogP contribution < -0.4 is 15.6 Å². The molecular formula is C22H22FN3O3. The van der Waals surface area contributed by atoms with Crippen molar-refractivity contribution >= 4 is 5.91 Å². The molecule has 0 fully saturated rings. The number of methoxy groups -OCH3 is 1. The van der Waals surface area contributed by atoms with Gasteiger partial charge < -0.3 is 10.1 Å². The molecule has 3 aromatic rings. The number of rotatable bonds is 7. The average molecular weight is 395 g/mol. The number of aromatic nitrogens is 2. The lowest BCUT2D eigenvalue weighted by Crippen LogP contribution is -2.33. The van der Waals surface area contributed by atoms with E-state index in [0.717, 1.165) is 11.3 Å². The van der Waals surface area contributed by atoms with E-state index in [1.54, 1.807) is 31.4 Å². The van der Waals surface area contributed by atoms with Gasteiger partial charge in [-0.15, -0.1) is 0 Å². The van der Waals surface area contributed by atoms with E-state index < -0.39 is 5.82 Å². The van der Waals surface area contributed by atoms with Crippen LogP contribution >= 0.6 is 0 Å². The van der Waals surface area contributed by atoms with Crippen LogP contribution in [0, 0.1) is 5.82 Å². The first-order chi connectivity index (χ1) is 14.0. The zero-order chi connectivity index (χ0) is 20.8. The lowest BCUT2D eigenvalue weighted by Gasteiger charge is -2.14. The Balaban J connectivity index is 1.81. The highest BCUT2D eigenvalue weighted by Crippen LogP contribution is 2.18. The molecule has 1 aromatic heterocycles. The fourth-order valence-corrected chi connectivity index (χ4v) is 2.88. The van der Waals surface area contributed by atoms with Gasteiger partial charge in [0.2, 0.25) is 5.91 Å². The maximum absolute atomic E-state index is 13.7. The van der Waals surface area contributed by atoms with Gasteiger partial charge in [-0.05, 0) is 36.2 Å². The highest BCUT2D eigenvalue weighted by molar-refractivity contribution is 5.76. The molecule has 0 unspecified atom stereocenters. The molecule has 0 spiro atoms. The summed E-state index contributed by atoms with van der Waals surface area (Å²) in [5.74, 6) is 0.225. The van der Waals surface area contributed by atoms with Gasteiger partial charge in [-0.25, -0.2) is 9.37 Å². The van der Waals surface area contributed by atoms with Crippen LogP contribution in [0.4, 0.5) is 4.39 Å². The summed E-state index contributed by atoms with van der Waals surface area (Å²) in [6.07, 6.45) is 0.558. The molecule has 6 nitrogen and oxygen atoms in total. The van der Waals surface area contributed by atoms with Crippen molar-refractivity contribution in [2.24, 2.45) is 0 Å². The summed E-state index contributed by atoms with van der Waals surface area (Å²) >= 11 is 0. The third-order valence-electron chi connectivity index (χ3n) is 4.46. The van der Waals surface area contributed by atoms with Crippen molar-refractivity contribution in [3.8, 4) is 17.1 Å². The fraction of sp³-hybridized carbons (Fsp3) is 0.227. The average Bonchev–Trinajstić information content (AvgIpc) is 2.73. The molecule has 0 aliphatic heterocycles. The van der Waals surface area contributed by atoms with Gasteiger partial charge in [0, 0.05) is 23.9 Å². The largest absolute Gasteiger partial charge is 0.497 e. The highest BCUT2D eigenvalue weighted by atomic mass is 19.1. The number of hydrogen-bond donors (Lipinski definition) is 1. The molecule has 1 N–H and O–H groups in total. The van der Waals surface area contributed by atoms with E-state index in [1.807, 2.05) is 19.1 Å². The van der Waals surface area contributed by atoms with Crippen LogP contribution in [0.5, 0.6) is 5.75 Å². The number of carbonyl (C=O) groups excluding carboxylic acids is 1. The van der Waals surface area contributed by atoms with E-state index in [4.69, 9.17) is 4.74 Å². The molecule has 150 valence electrons. The quantitative estimate of drug-likeness (QED) is 0.668. The van der Waals surface area contributed by atoms with Gasteiger partial charge in [-0.3, -0.25) is 14.2 Å². The number of nitrogens with zero attached hydrogens (tertiary/aromatic N) is 2. The Morgan fingerprint density at radius 1 is 1.17 bits per heavy atom. The predicted octanol–water partition coefficient (Wildman–Crippen LogP) is 2.94. The molecule has 1 amide bonds. The van der Waals surface area contributed by atoms with Crippen LogP contribution in [0.3, 0.4) is 0 Å². The summed E-state index contributed by atoms with van der Waals surface area (Å²) in [6.45, 7) is 1.98. The second kappa shape index (κ2) is 9.14. The van der Waals surface area contributed by atoms with Crippen molar-refractivity contribution in [1.82, 2.24) is 14.9 Å². The van der Waals surface area contributed by atoms with Crippen LogP contribution in [0.25, 0.3) is 11.4 Å². The molecule has 1 heterocycles. The second-order valence-electron chi connectivity index (χ2n) is 6.48. The summed E-state index contributed by atoms with van der Waals surface area (Å²) < 4.78 is 20.1. The molecule has 3 rings (SSSR count). The third-order valence-corrected chi connectivity index (χ3v) is 4.46. The number of nitrogens with one attached hydrogen (secondary N) is 1. The van der Waals surface area contributed by atoms with Gasteiger partial charge >= 0.3 is 0 Å². The first-order valence-electron chi connectivity index (χ1n) is 9.26. The predicted molar refractivity (Wildman–Crippen MR) is 108 cm³/mol. The normalized spacial score (nSPS) is 10.6. The summed E-state index contributed by atoms with van der Waals surface area (Å²) in [5, 5.41) is 2.79. The van der Waals surface area contributed by atoms with Gasteiger partial charge in [0.1, 0.15) is 23.9 Å². The number of halogens is 1. The number of ether oxygens (including phenoxy) is 1. The summed E-state index contributed by atoms with van der Waals surface area (Å²) in [5.41, 5.74) is 1.58. The van der Waals surface area contributed by atoms with E-state index >= 15 is 0 Å². The number of carbonyl (C=O) groups is 1. The van der Waals surface area contributed by atoms with Crippen molar-refractivity contribution in [3.63, 3.8) is 0 Å². The number of benzene rings is 2. The van der Waals surface area contributed by atoms with Crippen molar-refractivity contribution in [2.45, 2.75) is 26.4 Å². The van der Waals surface area contributed by atoms with Gasteiger partial charge in [0.15, 0.2) is 0 Å². The van der Waals surface area contributed by atoms with E-state index in [-0.39, 0.29) is 23.8 Å². The lowest BCUT2D eigenvalue weighted by atomic mass is 10.2. The van der Waals surface area contributed by atoms with Crippen molar-refractivity contribution in [2.75, 3.05) is 7.11 Å². The fourth-order valence-electron chi connectivity index (χ4n) is 2.88. The smallest absolute Gasteiger partial charge is 0.254 e. The Morgan fingerprint density at radius 3 is 2.59 bits per heavy atom. The minimum atomic E-state index is -0.436. The van der Waals surface area contributed by atoms with Crippen LogP contribution in [-0.4, -0.2) is 22.6 Å². The van der Waals surface area contributed by atoms with Gasteiger partial charge in [0.05, 0.1) is 7.11 Å². The molecule has 0 saturated heterocycles. The maximum Gasteiger partial charge on any atom is 0.254 e. The first kappa shape index (κ1) is 20.3. The van der Waals surface area contributed by atoms with E-state index in [1.165, 1.54) is 22.8 Å². The number of amides is 1. The Labute approximate surface area is 168 Å². The van der Waals surface area contributed by atoms with Crippen molar-refractivity contribution < 1.29 is 13.9 Å². The first-order valence-corrected chi connectivity index (χ1v) is 9.26. The third kappa shape index (κ3) is 5.07. The maximum atomic E-state index is 13.7. The van der Waals surface area contributed by atoms with Gasteiger partial charge in [-0.1, -0.05) is 31.2 Å². The zero-order valence-corrected chi connectivity index (χ0v) is 16.3. The van der Waals surface area contributed by atoms with E-state index in [9.17, 15) is 14.0 Å². The van der Waals surface area contributed by atoms with Gasteiger partial charge in [-0.2, -0.15) is 0 Å². The standard InChI is InChI=1S/C22H22FN3O3/c1-3-18-12-21(28)26(22(25-18)16-5-4-6-17(23)11-16)14-20(27)24-13-15-7-9-19(29-2)10-8-15/h4-12H,3,13-14H2,1-2H3,(H,24,27). The summed E-state index contributed by atoms with van der Waals surface area (Å²) in [6, 6.07) is 14.5. The molecule has 0 atom stereocenters. The number of hydrogen-bond acceptors (Lipinski definition) is 4. The van der Waals surface area contributed by atoms with Crippen LogP contribution in [-0.2, 0) is 24.3 Å². The molecule has 0 aliphatic rings. The topological polar surface area (TPSA) is 73.2 Å². The zero-order valence-electron chi connectivity index (χ0n) is 16.3. The molecule has 0 aliphatic carbocycles. The molecule has 2 aromatic carbocycles. The molecule has 0 bridgehead atoms. The Hall–Kier alpha value is -3.48.